The predicted octanol–water partition coefficient (Wildman–Crippen LogP) is -0.237. The van der Waals surface area contributed by atoms with Crippen LogP contribution in [0.15, 0.2) is 24.5 Å². The number of hydrogen-bond donors (Lipinski definition) is 2. The Hall–Kier alpha value is -1.66. The minimum atomic E-state index is -0.774. The van der Waals surface area contributed by atoms with Crippen LogP contribution in [0.1, 0.15) is 6.92 Å². The molecule has 0 radical (unpaired) electrons. The first-order valence-electron chi connectivity index (χ1n) is 4.27. The number of carbonyl (C=O) groups excluding carboxylic acids is 2. The summed E-state index contributed by atoms with van der Waals surface area (Å²) in [7, 11) is 1.17. The number of esters is 2. The summed E-state index contributed by atoms with van der Waals surface area (Å²) in [6.07, 6.45) is 0. The highest BCUT2D eigenvalue weighted by Gasteiger charge is 2.12. The molecule has 0 saturated carbocycles. The summed E-state index contributed by atoms with van der Waals surface area (Å²) in [4.78, 5) is 21.4. The molecule has 0 aromatic heterocycles. The average molecular weight is 232 g/mol. The zero-order valence-corrected chi connectivity index (χ0v) is 9.36. The molecule has 6 nitrogen and oxygen atoms in total. The van der Waals surface area contributed by atoms with Crippen LogP contribution in [0.3, 0.4) is 0 Å². The second-order valence-electron chi connectivity index (χ2n) is 2.53. The van der Waals surface area contributed by atoms with E-state index >= 15 is 0 Å². The lowest BCUT2D eigenvalue weighted by Gasteiger charge is -2.03. The quantitative estimate of drug-likeness (QED) is 0.395. The molecule has 2 N–H and O–H groups in total. The van der Waals surface area contributed by atoms with Gasteiger partial charge in [-0.15, -0.1) is 0 Å². The molecule has 0 spiro atoms. The van der Waals surface area contributed by atoms with E-state index in [2.05, 4.69) is 22.6 Å². The highest BCUT2D eigenvalue weighted by Crippen LogP contribution is 2.01. The van der Waals surface area contributed by atoms with Crippen molar-refractivity contribution in [2.75, 3.05) is 20.3 Å². The molecule has 0 aliphatic carbocycles. The van der Waals surface area contributed by atoms with Gasteiger partial charge >= 0.3 is 11.9 Å². The molecule has 0 aromatic carbocycles. The van der Waals surface area contributed by atoms with Gasteiger partial charge in [0.15, 0.2) is 0 Å². The third kappa shape index (κ3) is 8.92. The van der Waals surface area contributed by atoms with Gasteiger partial charge in [-0.2, -0.15) is 0 Å². The van der Waals surface area contributed by atoms with E-state index in [4.69, 9.17) is 10.2 Å². The standard InChI is InChI=1S/C8H10O4.C2H6O2/c1-5(2)7(9)12-6(3)8(10)11-4;3-1-2-4/h1,3H2,2,4H3;3-4H,1-2H2. The molecular formula is C10H16O6. The monoisotopic (exact) mass is 232 g/mol. The Balaban J connectivity index is 0. The average Bonchev–Trinajstić information content (AvgIpc) is 2.27. The van der Waals surface area contributed by atoms with Gasteiger partial charge in [0.1, 0.15) is 0 Å². The Morgan fingerprint density at radius 2 is 1.56 bits per heavy atom. The first-order chi connectivity index (χ1) is 7.40. The van der Waals surface area contributed by atoms with Crippen molar-refractivity contribution in [2.24, 2.45) is 0 Å². The van der Waals surface area contributed by atoms with E-state index < -0.39 is 11.9 Å². The topological polar surface area (TPSA) is 93.1 Å². The molecule has 92 valence electrons. The Labute approximate surface area is 93.8 Å². The fourth-order valence-corrected chi connectivity index (χ4v) is 0.355. The van der Waals surface area contributed by atoms with Crippen molar-refractivity contribution in [1.29, 1.82) is 0 Å². The number of hydrogen-bond acceptors (Lipinski definition) is 6. The van der Waals surface area contributed by atoms with Crippen LogP contribution < -0.4 is 0 Å². The maximum Gasteiger partial charge on any atom is 0.373 e. The van der Waals surface area contributed by atoms with Crippen LogP contribution in [-0.4, -0.2) is 42.5 Å². The number of ether oxygens (including phenoxy) is 2. The van der Waals surface area contributed by atoms with E-state index in [9.17, 15) is 9.59 Å². The lowest BCUT2D eigenvalue weighted by atomic mass is 10.4. The van der Waals surface area contributed by atoms with Gasteiger partial charge in [0.2, 0.25) is 5.76 Å². The molecule has 0 bridgehead atoms. The zero-order valence-electron chi connectivity index (χ0n) is 9.36. The molecule has 6 heteroatoms. The maximum absolute atomic E-state index is 10.8. The molecule has 0 amide bonds. The van der Waals surface area contributed by atoms with Crippen LogP contribution in [0.5, 0.6) is 0 Å². The molecular weight excluding hydrogens is 216 g/mol. The Morgan fingerprint density at radius 1 is 1.12 bits per heavy atom. The highest BCUT2D eigenvalue weighted by atomic mass is 16.6. The fraction of sp³-hybridized carbons (Fsp3) is 0.400. The van der Waals surface area contributed by atoms with Gasteiger partial charge in [-0.25, -0.2) is 9.59 Å². The lowest BCUT2D eigenvalue weighted by molar-refractivity contribution is -0.147. The molecule has 0 unspecified atom stereocenters. The minimum absolute atomic E-state index is 0.125. The second kappa shape index (κ2) is 9.88. The summed E-state index contributed by atoms with van der Waals surface area (Å²) < 4.78 is 8.70. The summed E-state index contributed by atoms with van der Waals surface area (Å²) >= 11 is 0. The van der Waals surface area contributed by atoms with E-state index in [0.717, 1.165) is 0 Å². The molecule has 0 aliphatic rings. The van der Waals surface area contributed by atoms with E-state index in [1.54, 1.807) is 0 Å². The minimum Gasteiger partial charge on any atom is -0.463 e. The first kappa shape index (κ1) is 16.8. The summed E-state index contributed by atoms with van der Waals surface area (Å²) in [5.74, 6) is -1.81. The Bertz CT molecular complexity index is 266. The summed E-state index contributed by atoms with van der Waals surface area (Å²) in [5.41, 5.74) is 0.194. The van der Waals surface area contributed by atoms with Crippen molar-refractivity contribution in [3.05, 3.63) is 24.5 Å². The largest absolute Gasteiger partial charge is 0.463 e. The first-order valence-corrected chi connectivity index (χ1v) is 4.27. The van der Waals surface area contributed by atoms with Crippen molar-refractivity contribution in [3.8, 4) is 0 Å². The molecule has 16 heavy (non-hydrogen) atoms. The SMILES string of the molecule is C=C(C)C(=O)OC(=C)C(=O)OC.OCCO. The van der Waals surface area contributed by atoms with Gasteiger partial charge in [0.25, 0.3) is 0 Å². The third-order valence-corrected chi connectivity index (χ3v) is 1.08. The van der Waals surface area contributed by atoms with Gasteiger partial charge in [-0.1, -0.05) is 6.58 Å². The fourth-order valence-electron chi connectivity index (χ4n) is 0.355. The molecule has 0 atom stereocenters. The van der Waals surface area contributed by atoms with Crippen molar-refractivity contribution >= 4 is 11.9 Å². The van der Waals surface area contributed by atoms with Crippen LogP contribution in [0.25, 0.3) is 0 Å². The number of aliphatic hydroxyl groups excluding tert-OH is 2. The van der Waals surface area contributed by atoms with Crippen LogP contribution in [0.4, 0.5) is 0 Å². The van der Waals surface area contributed by atoms with Gasteiger partial charge in [-0.3, -0.25) is 0 Å². The third-order valence-electron chi connectivity index (χ3n) is 1.08. The number of rotatable bonds is 4. The van der Waals surface area contributed by atoms with Gasteiger partial charge < -0.3 is 19.7 Å². The molecule has 0 rings (SSSR count). The molecule has 0 aromatic rings. The number of aliphatic hydroxyl groups is 2. The van der Waals surface area contributed by atoms with Crippen molar-refractivity contribution in [1.82, 2.24) is 0 Å². The van der Waals surface area contributed by atoms with Crippen molar-refractivity contribution in [2.45, 2.75) is 6.92 Å². The maximum atomic E-state index is 10.8. The van der Waals surface area contributed by atoms with E-state index in [1.165, 1.54) is 14.0 Å². The van der Waals surface area contributed by atoms with Gasteiger partial charge in [-0.05, 0) is 13.5 Å². The van der Waals surface area contributed by atoms with Crippen LogP contribution in [0.2, 0.25) is 0 Å². The summed E-state index contributed by atoms with van der Waals surface area (Å²) in [6.45, 7) is 7.73. The van der Waals surface area contributed by atoms with Crippen molar-refractivity contribution < 1.29 is 29.3 Å². The van der Waals surface area contributed by atoms with Crippen LogP contribution in [0, 0.1) is 0 Å². The zero-order chi connectivity index (χ0) is 13.1. The molecule has 0 heterocycles. The number of methoxy groups -OCH3 is 1. The van der Waals surface area contributed by atoms with E-state index in [-0.39, 0.29) is 24.5 Å². The lowest BCUT2D eigenvalue weighted by Crippen LogP contribution is -2.12. The smallest absolute Gasteiger partial charge is 0.373 e. The van der Waals surface area contributed by atoms with E-state index in [0.29, 0.717) is 0 Å². The van der Waals surface area contributed by atoms with Crippen molar-refractivity contribution in [3.63, 3.8) is 0 Å². The highest BCUT2D eigenvalue weighted by molar-refractivity contribution is 5.93. The normalized spacial score (nSPS) is 8.25. The Kier molecular flexibility index (Phi) is 10.3. The molecule has 0 saturated heterocycles. The van der Waals surface area contributed by atoms with E-state index in [1.807, 2.05) is 0 Å². The molecule has 0 fully saturated rings. The van der Waals surface area contributed by atoms with Crippen LogP contribution >= 0.6 is 0 Å². The predicted molar refractivity (Wildman–Crippen MR) is 56.2 cm³/mol. The second-order valence-corrected chi connectivity index (χ2v) is 2.53. The van der Waals surface area contributed by atoms with Crippen LogP contribution in [-0.2, 0) is 19.1 Å². The molecule has 0 aliphatic heterocycles. The summed E-state index contributed by atoms with van der Waals surface area (Å²) in [5, 5.41) is 15.2. The Morgan fingerprint density at radius 3 is 1.81 bits per heavy atom. The summed E-state index contributed by atoms with van der Waals surface area (Å²) in [6, 6.07) is 0. The van der Waals surface area contributed by atoms with Gasteiger partial charge in [0, 0.05) is 5.57 Å². The van der Waals surface area contributed by atoms with Gasteiger partial charge in [0.05, 0.1) is 20.3 Å². The number of carbonyl (C=O) groups is 2.